The van der Waals surface area contributed by atoms with Crippen molar-refractivity contribution in [3.8, 4) is 0 Å². The van der Waals surface area contributed by atoms with E-state index in [2.05, 4.69) is 0 Å². The van der Waals surface area contributed by atoms with Gasteiger partial charge in [-0.25, -0.2) is 4.39 Å². The van der Waals surface area contributed by atoms with Gasteiger partial charge >= 0.3 is 0 Å². The number of ether oxygens (including phenoxy) is 1. The minimum Gasteiger partial charge on any atom is -0.372 e. The summed E-state index contributed by atoms with van der Waals surface area (Å²) in [5, 5.41) is 0.702. The first kappa shape index (κ1) is 14.0. The maximum Gasteiger partial charge on any atom is 0.123 e. The van der Waals surface area contributed by atoms with Crippen LogP contribution < -0.4 is 5.73 Å². The first-order valence-electron chi connectivity index (χ1n) is 5.98. The Morgan fingerprint density at radius 1 is 1.00 bits per heavy atom. The molecule has 0 aromatic heterocycles. The zero-order chi connectivity index (χ0) is 13.7. The molecular weight excluding hydrogens is 265 g/mol. The smallest absolute Gasteiger partial charge is 0.123 e. The molecule has 0 saturated carbocycles. The van der Waals surface area contributed by atoms with Crippen molar-refractivity contribution in [2.75, 3.05) is 0 Å². The molecule has 0 aliphatic heterocycles. The topological polar surface area (TPSA) is 35.2 Å². The highest BCUT2D eigenvalue weighted by Crippen LogP contribution is 2.14. The second-order valence-corrected chi connectivity index (χ2v) is 4.67. The maximum absolute atomic E-state index is 13.1. The van der Waals surface area contributed by atoms with Gasteiger partial charge in [-0.15, -0.1) is 0 Å². The molecule has 19 heavy (non-hydrogen) atoms. The average molecular weight is 280 g/mol. The zero-order valence-corrected chi connectivity index (χ0v) is 11.2. The molecule has 2 aromatic rings. The number of hydrogen-bond donors (Lipinski definition) is 1. The summed E-state index contributed by atoms with van der Waals surface area (Å²) >= 11 is 5.81. The largest absolute Gasteiger partial charge is 0.372 e. The molecule has 4 heteroatoms. The molecule has 2 nitrogen and oxygen atoms in total. The highest BCUT2D eigenvalue weighted by atomic mass is 35.5. The Labute approximate surface area is 117 Å². The molecule has 0 spiro atoms. The molecule has 0 amide bonds. The van der Waals surface area contributed by atoms with Gasteiger partial charge < -0.3 is 10.5 Å². The van der Waals surface area contributed by atoms with Gasteiger partial charge in [0.1, 0.15) is 5.82 Å². The van der Waals surface area contributed by atoms with Gasteiger partial charge in [-0.2, -0.15) is 0 Å². The summed E-state index contributed by atoms with van der Waals surface area (Å²) in [7, 11) is 0. The Hall–Kier alpha value is -1.42. The van der Waals surface area contributed by atoms with Crippen LogP contribution >= 0.6 is 11.6 Å². The van der Waals surface area contributed by atoms with Crippen LogP contribution in [0.4, 0.5) is 4.39 Å². The maximum atomic E-state index is 13.1. The first-order chi connectivity index (χ1) is 9.19. The van der Waals surface area contributed by atoms with Crippen molar-refractivity contribution in [3.05, 3.63) is 70.0 Å². The summed E-state index contributed by atoms with van der Waals surface area (Å²) in [5.41, 5.74) is 8.31. The molecule has 0 fully saturated rings. The highest BCUT2D eigenvalue weighted by Gasteiger charge is 2.03. The lowest BCUT2D eigenvalue weighted by molar-refractivity contribution is 0.106. The van der Waals surface area contributed by atoms with Gasteiger partial charge in [0.15, 0.2) is 0 Å². The lowest BCUT2D eigenvalue weighted by Gasteiger charge is -2.09. The Kier molecular flexibility index (Phi) is 4.91. The third-order valence-electron chi connectivity index (χ3n) is 2.83. The fourth-order valence-electron chi connectivity index (χ4n) is 1.78. The van der Waals surface area contributed by atoms with Crippen LogP contribution in [0.25, 0.3) is 0 Å². The molecule has 2 aromatic carbocycles. The second kappa shape index (κ2) is 6.66. The molecule has 0 bridgehead atoms. The van der Waals surface area contributed by atoms with E-state index in [1.165, 1.54) is 12.1 Å². The van der Waals surface area contributed by atoms with Crippen molar-refractivity contribution >= 4 is 11.6 Å². The van der Waals surface area contributed by atoms with Crippen molar-refractivity contribution in [2.45, 2.75) is 19.8 Å². The minimum absolute atomic E-state index is 0.276. The third-order valence-corrected chi connectivity index (χ3v) is 3.08. The average Bonchev–Trinajstić information content (AvgIpc) is 2.42. The van der Waals surface area contributed by atoms with E-state index in [1.54, 1.807) is 6.07 Å². The molecule has 0 aliphatic rings. The Morgan fingerprint density at radius 2 is 1.74 bits per heavy atom. The zero-order valence-electron chi connectivity index (χ0n) is 10.4. The Balaban J connectivity index is 1.94. The van der Waals surface area contributed by atoms with Gasteiger partial charge in [0.25, 0.3) is 0 Å². The normalized spacial score (nSPS) is 10.7. The second-order valence-electron chi connectivity index (χ2n) is 4.24. The van der Waals surface area contributed by atoms with Crippen molar-refractivity contribution in [1.29, 1.82) is 0 Å². The predicted octanol–water partition coefficient (Wildman–Crippen LogP) is 3.65. The van der Waals surface area contributed by atoms with Crippen molar-refractivity contribution < 1.29 is 9.13 Å². The standard InChI is InChI=1S/C15H15ClFNO/c16-14-4-1-11(2-5-14)9-19-10-12-3-6-15(17)7-13(12)8-18/h1-7H,8-10,18H2. The third kappa shape index (κ3) is 4.03. The summed E-state index contributed by atoms with van der Waals surface area (Å²) in [6.45, 7) is 1.20. The van der Waals surface area contributed by atoms with Crippen LogP contribution in [0.2, 0.25) is 5.02 Å². The predicted molar refractivity (Wildman–Crippen MR) is 74.2 cm³/mol. The van der Waals surface area contributed by atoms with Gasteiger partial charge in [-0.05, 0) is 41.0 Å². The van der Waals surface area contributed by atoms with Gasteiger partial charge in [-0.3, -0.25) is 0 Å². The van der Waals surface area contributed by atoms with E-state index in [0.717, 1.165) is 16.7 Å². The van der Waals surface area contributed by atoms with E-state index in [9.17, 15) is 4.39 Å². The highest BCUT2D eigenvalue weighted by molar-refractivity contribution is 6.30. The number of nitrogens with two attached hydrogens (primary N) is 1. The Bertz CT molecular complexity index is 542. The van der Waals surface area contributed by atoms with Gasteiger partial charge in [0.2, 0.25) is 0 Å². The van der Waals surface area contributed by atoms with Crippen molar-refractivity contribution in [1.82, 2.24) is 0 Å². The van der Waals surface area contributed by atoms with E-state index in [-0.39, 0.29) is 5.82 Å². The quantitative estimate of drug-likeness (QED) is 0.907. The number of benzene rings is 2. The summed E-state index contributed by atoms with van der Waals surface area (Å²) in [6, 6.07) is 12.0. The first-order valence-corrected chi connectivity index (χ1v) is 6.36. The Morgan fingerprint density at radius 3 is 2.42 bits per heavy atom. The molecule has 0 heterocycles. The van der Waals surface area contributed by atoms with E-state index in [1.807, 2.05) is 24.3 Å². The van der Waals surface area contributed by atoms with E-state index in [4.69, 9.17) is 22.1 Å². The number of rotatable bonds is 5. The fourth-order valence-corrected chi connectivity index (χ4v) is 1.91. The summed E-state index contributed by atoms with van der Waals surface area (Å²) < 4.78 is 18.7. The summed E-state index contributed by atoms with van der Waals surface area (Å²) in [5.74, 6) is -0.276. The molecule has 0 aliphatic carbocycles. The SMILES string of the molecule is NCc1cc(F)ccc1COCc1ccc(Cl)cc1. The minimum atomic E-state index is -0.276. The van der Waals surface area contributed by atoms with Crippen LogP contribution in [-0.4, -0.2) is 0 Å². The number of hydrogen-bond acceptors (Lipinski definition) is 2. The lowest BCUT2D eigenvalue weighted by atomic mass is 10.1. The van der Waals surface area contributed by atoms with Crippen molar-refractivity contribution in [3.63, 3.8) is 0 Å². The van der Waals surface area contributed by atoms with Crippen molar-refractivity contribution in [2.24, 2.45) is 5.73 Å². The molecule has 0 atom stereocenters. The van der Waals surface area contributed by atoms with Gasteiger partial charge in [0, 0.05) is 11.6 Å². The molecule has 2 N–H and O–H groups in total. The molecular formula is C15H15ClFNO. The van der Waals surface area contributed by atoms with Crippen LogP contribution in [0.15, 0.2) is 42.5 Å². The van der Waals surface area contributed by atoms with E-state index >= 15 is 0 Å². The fraction of sp³-hybridized carbons (Fsp3) is 0.200. The van der Waals surface area contributed by atoms with Crippen LogP contribution in [-0.2, 0) is 24.5 Å². The molecule has 0 radical (unpaired) electrons. The number of halogens is 2. The van der Waals surface area contributed by atoms with Gasteiger partial charge in [0.05, 0.1) is 13.2 Å². The monoisotopic (exact) mass is 279 g/mol. The van der Waals surface area contributed by atoms with Crippen LogP contribution in [0, 0.1) is 5.82 Å². The van der Waals surface area contributed by atoms with Gasteiger partial charge in [-0.1, -0.05) is 29.8 Å². The molecule has 0 saturated heterocycles. The van der Waals surface area contributed by atoms with E-state index in [0.29, 0.717) is 24.8 Å². The molecule has 0 unspecified atom stereocenters. The van der Waals surface area contributed by atoms with Crippen LogP contribution in [0.3, 0.4) is 0 Å². The summed E-state index contributed by atoms with van der Waals surface area (Å²) in [6.07, 6.45) is 0. The van der Waals surface area contributed by atoms with Crippen LogP contribution in [0.5, 0.6) is 0 Å². The van der Waals surface area contributed by atoms with Crippen LogP contribution in [0.1, 0.15) is 16.7 Å². The molecule has 100 valence electrons. The summed E-state index contributed by atoms with van der Waals surface area (Å²) in [4.78, 5) is 0. The molecule has 2 rings (SSSR count). The lowest BCUT2D eigenvalue weighted by Crippen LogP contribution is -2.04. The van der Waals surface area contributed by atoms with E-state index < -0.39 is 0 Å².